The SMILES string of the molecule is CCCNCc1ccncc1N(C)CCOC. The summed E-state index contributed by atoms with van der Waals surface area (Å²) in [4.78, 5) is 6.37. The topological polar surface area (TPSA) is 37.4 Å². The molecule has 1 aromatic rings. The first kappa shape index (κ1) is 13.9. The first-order valence-corrected chi connectivity index (χ1v) is 6.13. The number of rotatable bonds is 8. The molecule has 1 rings (SSSR count). The lowest BCUT2D eigenvalue weighted by atomic mass is 10.2. The van der Waals surface area contributed by atoms with Crippen LogP contribution < -0.4 is 10.2 Å². The molecule has 0 amide bonds. The molecule has 1 aromatic heterocycles. The van der Waals surface area contributed by atoms with Gasteiger partial charge in [0, 0.05) is 33.4 Å². The van der Waals surface area contributed by atoms with Crippen LogP contribution >= 0.6 is 0 Å². The summed E-state index contributed by atoms with van der Waals surface area (Å²) >= 11 is 0. The van der Waals surface area contributed by atoms with Gasteiger partial charge in [0.2, 0.25) is 0 Å². The van der Waals surface area contributed by atoms with Gasteiger partial charge in [0.25, 0.3) is 0 Å². The Hall–Kier alpha value is -1.13. The van der Waals surface area contributed by atoms with E-state index in [1.54, 1.807) is 7.11 Å². The van der Waals surface area contributed by atoms with Crippen molar-refractivity contribution in [2.45, 2.75) is 19.9 Å². The van der Waals surface area contributed by atoms with Crippen LogP contribution in [-0.2, 0) is 11.3 Å². The first-order valence-electron chi connectivity index (χ1n) is 6.13. The summed E-state index contributed by atoms with van der Waals surface area (Å²) in [5.74, 6) is 0. The molecule has 0 radical (unpaired) electrons. The van der Waals surface area contributed by atoms with Crippen molar-refractivity contribution in [2.75, 3.05) is 38.8 Å². The molecule has 96 valence electrons. The zero-order chi connectivity index (χ0) is 12.5. The molecule has 0 unspecified atom stereocenters. The Morgan fingerprint density at radius 1 is 1.47 bits per heavy atom. The molecule has 0 saturated carbocycles. The minimum absolute atomic E-state index is 0.729. The van der Waals surface area contributed by atoms with Crippen molar-refractivity contribution in [3.05, 3.63) is 24.0 Å². The Labute approximate surface area is 104 Å². The average molecular weight is 237 g/mol. The Kier molecular flexibility index (Phi) is 6.58. The van der Waals surface area contributed by atoms with E-state index in [1.807, 2.05) is 12.4 Å². The number of anilines is 1. The van der Waals surface area contributed by atoms with E-state index in [0.717, 1.165) is 32.7 Å². The van der Waals surface area contributed by atoms with E-state index in [-0.39, 0.29) is 0 Å². The van der Waals surface area contributed by atoms with Crippen LogP contribution in [0.1, 0.15) is 18.9 Å². The van der Waals surface area contributed by atoms with E-state index in [2.05, 4.69) is 35.2 Å². The van der Waals surface area contributed by atoms with Gasteiger partial charge in [-0.1, -0.05) is 6.92 Å². The van der Waals surface area contributed by atoms with Gasteiger partial charge in [-0.3, -0.25) is 4.98 Å². The molecule has 0 aliphatic heterocycles. The standard InChI is InChI=1S/C13H23N3O/c1-4-6-14-10-12-5-7-15-11-13(12)16(2)8-9-17-3/h5,7,11,14H,4,6,8-10H2,1-3H3. The van der Waals surface area contributed by atoms with Crippen LogP contribution in [0.4, 0.5) is 5.69 Å². The summed E-state index contributed by atoms with van der Waals surface area (Å²) in [6.07, 6.45) is 4.91. The Bertz CT molecular complexity index is 317. The summed E-state index contributed by atoms with van der Waals surface area (Å²) in [5.41, 5.74) is 2.46. The van der Waals surface area contributed by atoms with Crippen molar-refractivity contribution in [3.8, 4) is 0 Å². The highest BCUT2D eigenvalue weighted by Crippen LogP contribution is 2.17. The predicted octanol–water partition coefficient (Wildman–Crippen LogP) is 1.66. The van der Waals surface area contributed by atoms with Crippen molar-refractivity contribution < 1.29 is 4.74 Å². The molecule has 17 heavy (non-hydrogen) atoms. The van der Waals surface area contributed by atoms with Crippen molar-refractivity contribution in [3.63, 3.8) is 0 Å². The van der Waals surface area contributed by atoms with Crippen molar-refractivity contribution in [1.29, 1.82) is 0 Å². The number of nitrogens with one attached hydrogen (secondary N) is 1. The van der Waals surface area contributed by atoms with Gasteiger partial charge in [0.15, 0.2) is 0 Å². The fourth-order valence-electron chi connectivity index (χ4n) is 1.66. The van der Waals surface area contributed by atoms with Crippen LogP contribution in [0.3, 0.4) is 0 Å². The maximum Gasteiger partial charge on any atom is 0.0637 e. The zero-order valence-corrected chi connectivity index (χ0v) is 11.1. The molecule has 0 atom stereocenters. The number of likely N-dealkylation sites (N-methyl/N-ethyl adjacent to an activating group) is 1. The Balaban J connectivity index is 2.62. The number of nitrogens with zero attached hydrogens (tertiary/aromatic N) is 2. The van der Waals surface area contributed by atoms with Gasteiger partial charge in [0.1, 0.15) is 0 Å². The maximum atomic E-state index is 5.09. The summed E-state index contributed by atoms with van der Waals surface area (Å²) in [7, 11) is 3.79. The molecule has 1 heterocycles. The third-order valence-corrected chi connectivity index (χ3v) is 2.67. The van der Waals surface area contributed by atoms with Crippen LogP contribution in [-0.4, -0.2) is 38.8 Å². The van der Waals surface area contributed by atoms with Crippen molar-refractivity contribution in [2.24, 2.45) is 0 Å². The molecule has 0 bridgehead atoms. The van der Waals surface area contributed by atoms with Crippen LogP contribution in [0.2, 0.25) is 0 Å². The summed E-state index contributed by atoms with van der Waals surface area (Å²) in [6.45, 7) is 5.72. The van der Waals surface area contributed by atoms with Gasteiger partial charge < -0.3 is 15.0 Å². The maximum absolute atomic E-state index is 5.09. The quantitative estimate of drug-likeness (QED) is 0.698. The molecule has 0 aliphatic carbocycles. The number of pyridine rings is 1. The Morgan fingerprint density at radius 3 is 3.00 bits per heavy atom. The molecule has 4 heteroatoms. The average Bonchev–Trinajstić information content (AvgIpc) is 2.37. The second-order valence-corrected chi connectivity index (χ2v) is 4.10. The normalized spacial score (nSPS) is 10.5. The highest BCUT2D eigenvalue weighted by molar-refractivity contribution is 5.50. The largest absolute Gasteiger partial charge is 0.383 e. The highest BCUT2D eigenvalue weighted by Gasteiger charge is 2.06. The molecular weight excluding hydrogens is 214 g/mol. The number of methoxy groups -OCH3 is 1. The third-order valence-electron chi connectivity index (χ3n) is 2.67. The lowest BCUT2D eigenvalue weighted by Gasteiger charge is -2.21. The smallest absolute Gasteiger partial charge is 0.0637 e. The van der Waals surface area contributed by atoms with Gasteiger partial charge in [-0.2, -0.15) is 0 Å². The zero-order valence-electron chi connectivity index (χ0n) is 11.1. The van der Waals surface area contributed by atoms with Gasteiger partial charge in [-0.15, -0.1) is 0 Å². The lowest BCUT2D eigenvalue weighted by molar-refractivity contribution is 0.206. The summed E-state index contributed by atoms with van der Waals surface area (Å²) < 4.78 is 5.09. The van der Waals surface area contributed by atoms with Crippen molar-refractivity contribution >= 4 is 5.69 Å². The molecular formula is C13H23N3O. The van der Waals surface area contributed by atoms with Crippen LogP contribution in [0.5, 0.6) is 0 Å². The van der Waals surface area contributed by atoms with Crippen LogP contribution in [0.15, 0.2) is 18.5 Å². The summed E-state index contributed by atoms with van der Waals surface area (Å²) in [5, 5.41) is 3.42. The number of ether oxygens (including phenoxy) is 1. The highest BCUT2D eigenvalue weighted by atomic mass is 16.5. The fourth-order valence-corrected chi connectivity index (χ4v) is 1.66. The predicted molar refractivity (Wildman–Crippen MR) is 71.4 cm³/mol. The van der Waals surface area contributed by atoms with Gasteiger partial charge in [0.05, 0.1) is 18.5 Å². The van der Waals surface area contributed by atoms with E-state index >= 15 is 0 Å². The van der Waals surface area contributed by atoms with E-state index in [9.17, 15) is 0 Å². The number of hydrogen-bond acceptors (Lipinski definition) is 4. The minimum Gasteiger partial charge on any atom is -0.383 e. The summed E-state index contributed by atoms with van der Waals surface area (Å²) in [6, 6.07) is 2.07. The second-order valence-electron chi connectivity index (χ2n) is 4.10. The van der Waals surface area contributed by atoms with Crippen molar-refractivity contribution in [1.82, 2.24) is 10.3 Å². The van der Waals surface area contributed by atoms with E-state index in [4.69, 9.17) is 4.74 Å². The van der Waals surface area contributed by atoms with E-state index in [0.29, 0.717) is 0 Å². The molecule has 4 nitrogen and oxygen atoms in total. The molecule has 0 aromatic carbocycles. The molecule has 0 spiro atoms. The van der Waals surface area contributed by atoms with Gasteiger partial charge >= 0.3 is 0 Å². The van der Waals surface area contributed by atoms with E-state index < -0.39 is 0 Å². The first-order chi connectivity index (χ1) is 8.29. The van der Waals surface area contributed by atoms with E-state index in [1.165, 1.54) is 11.3 Å². The molecule has 1 N–H and O–H groups in total. The molecule has 0 saturated heterocycles. The lowest BCUT2D eigenvalue weighted by Crippen LogP contribution is -2.25. The number of aromatic nitrogens is 1. The third kappa shape index (κ3) is 4.71. The monoisotopic (exact) mass is 237 g/mol. The second kappa shape index (κ2) is 8.03. The van der Waals surface area contributed by atoms with Crippen LogP contribution in [0, 0.1) is 0 Å². The van der Waals surface area contributed by atoms with Crippen LogP contribution in [0.25, 0.3) is 0 Å². The number of hydrogen-bond donors (Lipinski definition) is 1. The minimum atomic E-state index is 0.729. The fraction of sp³-hybridized carbons (Fsp3) is 0.615. The molecule has 0 fully saturated rings. The Morgan fingerprint density at radius 2 is 2.29 bits per heavy atom. The molecule has 0 aliphatic rings. The van der Waals surface area contributed by atoms with Gasteiger partial charge in [-0.25, -0.2) is 0 Å². The van der Waals surface area contributed by atoms with Gasteiger partial charge in [-0.05, 0) is 24.6 Å².